The molecule has 1 aromatic rings. The molecule has 1 N–H and O–H groups in total. The number of rotatable bonds is 8. The molecule has 1 fully saturated rings. The van der Waals surface area contributed by atoms with Crippen LogP contribution in [-0.2, 0) is 14.3 Å². The van der Waals surface area contributed by atoms with Crippen LogP contribution in [0.3, 0.4) is 0 Å². The monoisotopic (exact) mass is 326 g/mol. The van der Waals surface area contributed by atoms with Crippen molar-refractivity contribution >= 4 is 10.1 Å². The predicted octanol–water partition coefficient (Wildman–Crippen LogP) is 3.07. The summed E-state index contributed by atoms with van der Waals surface area (Å²) in [6.07, 6.45) is 1.81. The highest BCUT2D eigenvalue weighted by atomic mass is 32.2. The van der Waals surface area contributed by atoms with Gasteiger partial charge in [-0.3, -0.25) is 4.18 Å². The summed E-state index contributed by atoms with van der Waals surface area (Å²) in [7, 11) is -3.72. The third-order valence-electron chi connectivity index (χ3n) is 4.89. The lowest BCUT2D eigenvalue weighted by Gasteiger charge is -2.25. The van der Waals surface area contributed by atoms with Crippen molar-refractivity contribution in [3.8, 4) is 0 Å². The van der Waals surface area contributed by atoms with E-state index in [1.807, 2.05) is 13.8 Å². The molecule has 124 valence electrons. The second-order valence-corrected chi connectivity index (χ2v) is 8.06. The highest BCUT2D eigenvalue weighted by molar-refractivity contribution is 7.86. The van der Waals surface area contributed by atoms with Crippen LogP contribution in [0.15, 0.2) is 35.2 Å². The molecule has 0 spiro atoms. The van der Waals surface area contributed by atoms with Gasteiger partial charge in [-0.2, -0.15) is 8.42 Å². The van der Waals surface area contributed by atoms with Gasteiger partial charge in [-0.15, -0.1) is 0 Å². The maximum absolute atomic E-state index is 12.1. The van der Waals surface area contributed by atoms with Crippen LogP contribution in [0.1, 0.15) is 33.6 Å². The van der Waals surface area contributed by atoms with Gasteiger partial charge in [0.25, 0.3) is 10.1 Å². The first-order chi connectivity index (χ1) is 10.4. The van der Waals surface area contributed by atoms with Crippen molar-refractivity contribution in [2.24, 2.45) is 23.7 Å². The predicted molar refractivity (Wildman–Crippen MR) is 85.8 cm³/mol. The van der Waals surface area contributed by atoms with E-state index in [1.165, 1.54) is 12.1 Å². The Morgan fingerprint density at radius 3 is 2.45 bits per heavy atom. The van der Waals surface area contributed by atoms with Crippen LogP contribution in [0.2, 0.25) is 0 Å². The van der Waals surface area contributed by atoms with Crippen molar-refractivity contribution in [1.82, 2.24) is 0 Å². The first-order valence-corrected chi connectivity index (χ1v) is 9.40. The normalized spacial score (nSPS) is 25.5. The van der Waals surface area contributed by atoms with E-state index in [0.29, 0.717) is 11.8 Å². The highest BCUT2D eigenvalue weighted by Crippen LogP contribution is 2.46. The number of hydrogen-bond acceptors (Lipinski definition) is 4. The first-order valence-electron chi connectivity index (χ1n) is 7.99. The fraction of sp³-hybridized carbons (Fsp3) is 0.647. The van der Waals surface area contributed by atoms with Gasteiger partial charge in [0.15, 0.2) is 0 Å². The lowest BCUT2D eigenvalue weighted by atomic mass is 9.88. The molecule has 5 unspecified atom stereocenters. The third kappa shape index (κ3) is 4.09. The van der Waals surface area contributed by atoms with Crippen molar-refractivity contribution in [1.29, 1.82) is 0 Å². The molecule has 2 rings (SSSR count). The Morgan fingerprint density at radius 2 is 1.91 bits per heavy atom. The average Bonchev–Trinajstić information content (AvgIpc) is 3.31. The molecular formula is C17H26O4S. The molecular weight excluding hydrogens is 300 g/mol. The summed E-state index contributed by atoms with van der Waals surface area (Å²) in [5, 5.41) is 10.4. The van der Waals surface area contributed by atoms with Gasteiger partial charge in [0.1, 0.15) is 0 Å². The maximum Gasteiger partial charge on any atom is 0.296 e. The van der Waals surface area contributed by atoms with Gasteiger partial charge in [-0.05, 0) is 42.2 Å². The van der Waals surface area contributed by atoms with Crippen molar-refractivity contribution in [3.63, 3.8) is 0 Å². The zero-order valence-electron chi connectivity index (χ0n) is 13.5. The SMILES string of the molecule is CCC1CC1C(O)C(C)C(C)COS(=O)(=O)c1ccccc1. The smallest absolute Gasteiger partial charge is 0.296 e. The van der Waals surface area contributed by atoms with Crippen LogP contribution < -0.4 is 0 Å². The van der Waals surface area contributed by atoms with Gasteiger partial charge in [-0.25, -0.2) is 0 Å². The van der Waals surface area contributed by atoms with Gasteiger partial charge >= 0.3 is 0 Å². The molecule has 1 aliphatic carbocycles. The number of benzene rings is 1. The Kier molecular flexibility index (Phi) is 5.64. The molecule has 5 heteroatoms. The Morgan fingerprint density at radius 1 is 1.27 bits per heavy atom. The molecule has 0 radical (unpaired) electrons. The van der Waals surface area contributed by atoms with E-state index in [4.69, 9.17) is 4.18 Å². The molecule has 0 bridgehead atoms. The van der Waals surface area contributed by atoms with Crippen LogP contribution in [0.4, 0.5) is 0 Å². The number of hydrogen-bond donors (Lipinski definition) is 1. The zero-order chi connectivity index (χ0) is 16.3. The fourth-order valence-electron chi connectivity index (χ4n) is 2.89. The highest BCUT2D eigenvalue weighted by Gasteiger charge is 2.43. The molecule has 0 aliphatic heterocycles. The summed E-state index contributed by atoms with van der Waals surface area (Å²) in [5.41, 5.74) is 0. The minimum absolute atomic E-state index is 0.0209. The Labute approximate surface area is 133 Å². The minimum atomic E-state index is -3.72. The summed E-state index contributed by atoms with van der Waals surface area (Å²) >= 11 is 0. The third-order valence-corrected chi connectivity index (χ3v) is 6.19. The molecule has 1 aliphatic rings. The van der Waals surface area contributed by atoms with Crippen LogP contribution >= 0.6 is 0 Å². The van der Waals surface area contributed by atoms with Gasteiger partial charge in [0.2, 0.25) is 0 Å². The molecule has 5 atom stereocenters. The second kappa shape index (κ2) is 7.11. The maximum atomic E-state index is 12.1. The first kappa shape index (κ1) is 17.4. The summed E-state index contributed by atoms with van der Waals surface area (Å²) in [6, 6.07) is 8.15. The van der Waals surface area contributed by atoms with Crippen molar-refractivity contribution in [3.05, 3.63) is 30.3 Å². The number of aliphatic hydroxyl groups is 1. The fourth-order valence-corrected chi connectivity index (χ4v) is 3.91. The van der Waals surface area contributed by atoms with Gasteiger partial charge in [0, 0.05) is 0 Å². The molecule has 0 aromatic heterocycles. The van der Waals surface area contributed by atoms with Crippen LogP contribution in [0.5, 0.6) is 0 Å². The van der Waals surface area contributed by atoms with Crippen LogP contribution in [-0.4, -0.2) is 26.2 Å². The molecule has 0 saturated heterocycles. The van der Waals surface area contributed by atoms with Crippen LogP contribution in [0.25, 0.3) is 0 Å². The lowest BCUT2D eigenvalue weighted by molar-refractivity contribution is 0.0495. The van der Waals surface area contributed by atoms with Crippen molar-refractivity contribution in [2.75, 3.05) is 6.61 Å². The molecule has 1 saturated carbocycles. The molecule has 22 heavy (non-hydrogen) atoms. The largest absolute Gasteiger partial charge is 0.393 e. The van der Waals surface area contributed by atoms with E-state index in [-0.39, 0.29) is 29.4 Å². The Balaban J connectivity index is 1.88. The Bertz CT molecular complexity index is 570. The molecule has 0 amide bonds. The standard InChI is InChI=1S/C17H26O4S/c1-4-14-10-16(14)17(18)13(3)12(2)11-21-22(19,20)15-8-6-5-7-9-15/h5-9,12-14,16-18H,4,10-11H2,1-3H3. The summed E-state index contributed by atoms with van der Waals surface area (Å²) in [5.74, 6) is 0.992. The van der Waals surface area contributed by atoms with E-state index in [0.717, 1.165) is 12.8 Å². The quantitative estimate of drug-likeness (QED) is 0.746. The Hall–Kier alpha value is -0.910. The molecule has 1 aromatic carbocycles. The molecule has 0 heterocycles. The zero-order valence-corrected chi connectivity index (χ0v) is 14.3. The van der Waals surface area contributed by atoms with Crippen molar-refractivity contribution < 1.29 is 17.7 Å². The van der Waals surface area contributed by atoms with E-state index in [9.17, 15) is 13.5 Å². The minimum Gasteiger partial charge on any atom is -0.393 e. The van der Waals surface area contributed by atoms with E-state index >= 15 is 0 Å². The van der Waals surface area contributed by atoms with E-state index in [2.05, 4.69) is 6.92 Å². The second-order valence-electron chi connectivity index (χ2n) is 6.45. The lowest BCUT2D eigenvalue weighted by Crippen LogP contribution is -2.29. The summed E-state index contributed by atoms with van der Waals surface area (Å²) in [6.45, 7) is 6.14. The van der Waals surface area contributed by atoms with E-state index in [1.54, 1.807) is 18.2 Å². The van der Waals surface area contributed by atoms with Crippen LogP contribution in [0, 0.1) is 23.7 Å². The van der Waals surface area contributed by atoms with Gasteiger partial charge < -0.3 is 5.11 Å². The summed E-state index contributed by atoms with van der Waals surface area (Å²) in [4.78, 5) is 0.170. The number of aliphatic hydroxyl groups excluding tert-OH is 1. The van der Waals surface area contributed by atoms with E-state index < -0.39 is 10.1 Å². The topological polar surface area (TPSA) is 63.6 Å². The van der Waals surface area contributed by atoms with Crippen molar-refractivity contribution in [2.45, 2.75) is 44.6 Å². The average molecular weight is 326 g/mol. The summed E-state index contributed by atoms with van der Waals surface area (Å²) < 4.78 is 29.3. The van der Waals surface area contributed by atoms with Gasteiger partial charge in [0.05, 0.1) is 17.6 Å². The van der Waals surface area contributed by atoms with Gasteiger partial charge in [-0.1, -0.05) is 45.4 Å². The molecule has 4 nitrogen and oxygen atoms in total.